The maximum Gasteiger partial charge on any atom is 0.280 e. The van der Waals surface area contributed by atoms with Crippen molar-refractivity contribution in [1.29, 1.82) is 0 Å². The first-order valence-electron chi connectivity index (χ1n) is 8.03. The molecule has 0 unspecified atom stereocenters. The summed E-state index contributed by atoms with van der Waals surface area (Å²) in [4.78, 5) is 17.3. The fourth-order valence-electron chi connectivity index (χ4n) is 3.05. The van der Waals surface area contributed by atoms with E-state index in [-0.39, 0.29) is 5.56 Å². The molecule has 0 aliphatic heterocycles. The molecular formula is C20H17N3O. The molecule has 2 aromatic carbocycles. The van der Waals surface area contributed by atoms with Gasteiger partial charge in [-0.25, -0.2) is 4.68 Å². The molecule has 4 nitrogen and oxygen atoms in total. The highest BCUT2D eigenvalue weighted by atomic mass is 16.1. The number of aromatic nitrogens is 3. The zero-order valence-corrected chi connectivity index (χ0v) is 13.4. The number of fused-ring (bicyclic) bond motifs is 1. The van der Waals surface area contributed by atoms with E-state index in [1.54, 1.807) is 10.9 Å². The molecule has 4 aromatic rings. The molecule has 0 saturated carbocycles. The lowest BCUT2D eigenvalue weighted by Crippen LogP contribution is -2.13. The molecule has 2 heterocycles. The quantitative estimate of drug-likeness (QED) is 0.622. The summed E-state index contributed by atoms with van der Waals surface area (Å²) in [6.07, 6.45) is 2.48. The number of nitrogens with one attached hydrogen (secondary N) is 1. The smallest absolute Gasteiger partial charge is 0.280 e. The normalized spacial score (nSPS) is 11.0. The average Bonchev–Trinajstić information content (AvgIpc) is 2.99. The standard InChI is InChI=1S/C20H17N3O/c1-2-17-18(14-9-5-3-6-10-14)19-16(13-21-17)20(24)23(22-19)15-11-7-4-8-12-15/h3-13,22H,2H2,1H3. The number of aryl methyl sites for hydroxylation is 1. The second-order valence-corrected chi connectivity index (χ2v) is 5.68. The van der Waals surface area contributed by atoms with E-state index >= 15 is 0 Å². The van der Waals surface area contributed by atoms with Crippen molar-refractivity contribution in [2.24, 2.45) is 0 Å². The highest BCUT2D eigenvalue weighted by Gasteiger charge is 2.16. The van der Waals surface area contributed by atoms with E-state index in [0.717, 1.165) is 34.4 Å². The van der Waals surface area contributed by atoms with Gasteiger partial charge in [-0.05, 0) is 24.1 Å². The van der Waals surface area contributed by atoms with Gasteiger partial charge in [-0.3, -0.25) is 14.9 Å². The molecule has 24 heavy (non-hydrogen) atoms. The average molecular weight is 315 g/mol. The number of H-pyrrole nitrogens is 1. The van der Waals surface area contributed by atoms with Crippen LogP contribution in [0.1, 0.15) is 12.6 Å². The molecule has 2 aromatic heterocycles. The van der Waals surface area contributed by atoms with Gasteiger partial charge in [0, 0.05) is 11.8 Å². The number of aromatic amines is 1. The van der Waals surface area contributed by atoms with Gasteiger partial charge in [0.15, 0.2) is 0 Å². The predicted octanol–water partition coefficient (Wildman–Crippen LogP) is 3.94. The second kappa shape index (κ2) is 5.81. The molecule has 0 radical (unpaired) electrons. The first kappa shape index (κ1) is 14.5. The van der Waals surface area contributed by atoms with Gasteiger partial charge in [-0.1, -0.05) is 55.5 Å². The maximum atomic E-state index is 12.8. The Hall–Kier alpha value is -3.14. The molecule has 4 heteroatoms. The molecule has 1 N–H and O–H groups in total. The van der Waals surface area contributed by atoms with Gasteiger partial charge in [-0.2, -0.15) is 0 Å². The fraction of sp³-hybridized carbons (Fsp3) is 0.100. The lowest BCUT2D eigenvalue weighted by molar-refractivity contribution is 0.863. The largest absolute Gasteiger partial charge is 0.290 e. The summed E-state index contributed by atoms with van der Waals surface area (Å²) >= 11 is 0. The fourth-order valence-corrected chi connectivity index (χ4v) is 3.05. The van der Waals surface area contributed by atoms with Gasteiger partial charge < -0.3 is 0 Å². The van der Waals surface area contributed by atoms with Crippen molar-refractivity contribution in [3.8, 4) is 16.8 Å². The van der Waals surface area contributed by atoms with E-state index in [1.807, 2.05) is 60.7 Å². The Morgan fingerprint density at radius 3 is 2.33 bits per heavy atom. The van der Waals surface area contributed by atoms with Gasteiger partial charge in [0.05, 0.1) is 22.3 Å². The minimum absolute atomic E-state index is 0.0801. The molecular weight excluding hydrogens is 298 g/mol. The monoisotopic (exact) mass is 315 g/mol. The number of nitrogens with zero attached hydrogens (tertiary/aromatic N) is 2. The molecule has 0 bridgehead atoms. The van der Waals surface area contributed by atoms with Crippen LogP contribution in [0.4, 0.5) is 0 Å². The van der Waals surface area contributed by atoms with Crippen molar-refractivity contribution in [2.75, 3.05) is 0 Å². The van der Waals surface area contributed by atoms with E-state index in [0.29, 0.717) is 5.39 Å². The minimum atomic E-state index is -0.0801. The van der Waals surface area contributed by atoms with Crippen LogP contribution in [0.5, 0.6) is 0 Å². The number of benzene rings is 2. The number of hydrogen-bond acceptors (Lipinski definition) is 2. The van der Waals surface area contributed by atoms with Crippen LogP contribution < -0.4 is 5.56 Å². The van der Waals surface area contributed by atoms with Crippen LogP contribution in [0.15, 0.2) is 71.7 Å². The third-order valence-electron chi connectivity index (χ3n) is 4.23. The van der Waals surface area contributed by atoms with Crippen LogP contribution in [-0.4, -0.2) is 14.8 Å². The Labute approximate surface area is 139 Å². The molecule has 0 amide bonds. The van der Waals surface area contributed by atoms with Crippen molar-refractivity contribution in [1.82, 2.24) is 14.8 Å². The van der Waals surface area contributed by atoms with Crippen molar-refractivity contribution in [3.63, 3.8) is 0 Å². The van der Waals surface area contributed by atoms with Gasteiger partial charge in [-0.15, -0.1) is 0 Å². The van der Waals surface area contributed by atoms with Crippen molar-refractivity contribution >= 4 is 10.9 Å². The molecule has 0 spiro atoms. The van der Waals surface area contributed by atoms with E-state index in [4.69, 9.17) is 0 Å². The summed E-state index contributed by atoms with van der Waals surface area (Å²) in [7, 11) is 0. The van der Waals surface area contributed by atoms with Gasteiger partial charge in [0.25, 0.3) is 5.56 Å². The van der Waals surface area contributed by atoms with Gasteiger partial charge >= 0.3 is 0 Å². The zero-order chi connectivity index (χ0) is 16.5. The van der Waals surface area contributed by atoms with Crippen LogP contribution in [0.25, 0.3) is 27.7 Å². The Kier molecular flexibility index (Phi) is 3.50. The van der Waals surface area contributed by atoms with Gasteiger partial charge in [0.2, 0.25) is 0 Å². The summed E-state index contributed by atoms with van der Waals surface area (Å²) in [6.45, 7) is 2.08. The lowest BCUT2D eigenvalue weighted by atomic mass is 10.0. The molecule has 0 saturated heterocycles. The Bertz CT molecular complexity index is 1050. The van der Waals surface area contributed by atoms with E-state index in [9.17, 15) is 4.79 Å². The highest BCUT2D eigenvalue weighted by molar-refractivity contribution is 5.94. The van der Waals surface area contributed by atoms with Crippen molar-refractivity contribution in [2.45, 2.75) is 13.3 Å². The molecule has 0 atom stereocenters. The summed E-state index contributed by atoms with van der Waals surface area (Å²) in [5.74, 6) is 0. The summed E-state index contributed by atoms with van der Waals surface area (Å²) in [5.41, 5.74) is 4.62. The Balaban J connectivity index is 2.06. The van der Waals surface area contributed by atoms with Gasteiger partial charge in [0.1, 0.15) is 0 Å². The van der Waals surface area contributed by atoms with Crippen LogP contribution >= 0.6 is 0 Å². The van der Waals surface area contributed by atoms with Crippen molar-refractivity contribution in [3.05, 3.63) is 82.9 Å². The topological polar surface area (TPSA) is 50.7 Å². The third-order valence-corrected chi connectivity index (χ3v) is 4.23. The van der Waals surface area contributed by atoms with Crippen LogP contribution in [0, 0.1) is 0 Å². The summed E-state index contributed by atoms with van der Waals surface area (Å²) < 4.78 is 1.58. The summed E-state index contributed by atoms with van der Waals surface area (Å²) in [5, 5.41) is 3.89. The van der Waals surface area contributed by atoms with Crippen LogP contribution in [0.2, 0.25) is 0 Å². The lowest BCUT2D eigenvalue weighted by Gasteiger charge is -2.08. The Morgan fingerprint density at radius 1 is 1.00 bits per heavy atom. The SMILES string of the molecule is CCc1ncc2c(=O)n(-c3ccccc3)[nH]c2c1-c1ccccc1. The molecule has 0 aliphatic carbocycles. The molecule has 0 fully saturated rings. The third kappa shape index (κ3) is 2.24. The molecule has 4 rings (SSSR count). The first-order valence-corrected chi connectivity index (χ1v) is 8.03. The van der Waals surface area contributed by atoms with E-state index < -0.39 is 0 Å². The first-order chi connectivity index (χ1) is 11.8. The number of hydrogen-bond donors (Lipinski definition) is 1. The van der Waals surface area contributed by atoms with Crippen LogP contribution in [0.3, 0.4) is 0 Å². The van der Waals surface area contributed by atoms with Crippen molar-refractivity contribution < 1.29 is 0 Å². The predicted molar refractivity (Wildman–Crippen MR) is 96.5 cm³/mol. The molecule has 0 aliphatic rings. The summed E-state index contributed by atoms with van der Waals surface area (Å²) in [6, 6.07) is 19.7. The van der Waals surface area contributed by atoms with Crippen LogP contribution in [-0.2, 0) is 6.42 Å². The maximum absolute atomic E-state index is 12.8. The van der Waals surface area contributed by atoms with E-state index in [1.165, 1.54) is 0 Å². The number of para-hydroxylation sites is 1. The molecule has 118 valence electrons. The zero-order valence-electron chi connectivity index (χ0n) is 13.4. The Morgan fingerprint density at radius 2 is 1.67 bits per heavy atom. The van der Waals surface area contributed by atoms with E-state index in [2.05, 4.69) is 17.0 Å². The minimum Gasteiger partial charge on any atom is -0.290 e. The second-order valence-electron chi connectivity index (χ2n) is 5.68. The number of rotatable bonds is 3. The highest BCUT2D eigenvalue weighted by Crippen LogP contribution is 2.29. The number of pyridine rings is 1.